The molecule has 1 atom stereocenters. The number of pyridine rings is 1. The second-order valence-corrected chi connectivity index (χ2v) is 5.69. The molecule has 3 heteroatoms. The first kappa shape index (κ1) is 13.5. The Balaban J connectivity index is 1.81. The molecule has 20 heavy (non-hydrogen) atoms. The number of aromatic nitrogens is 1. The van der Waals surface area contributed by atoms with Gasteiger partial charge in [-0.2, -0.15) is 0 Å². The Morgan fingerprint density at radius 2 is 2.05 bits per heavy atom. The van der Waals surface area contributed by atoms with Crippen molar-refractivity contribution in [1.29, 1.82) is 0 Å². The number of ether oxygens (including phenoxy) is 1. The van der Waals surface area contributed by atoms with Crippen molar-refractivity contribution in [3.63, 3.8) is 0 Å². The molecule has 2 aromatic rings. The number of rotatable bonds is 3. The predicted molar refractivity (Wildman–Crippen MR) is 79.6 cm³/mol. The van der Waals surface area contributed by atoms with E-state index >= 15 is 0 Å². The minimum atomic E-state index is -0.471. The molecule has 1 aromatic carbocycles. The van der Waals surface area contributed by atoms with Crippen molar-refractivity contribution in [2.75, 3.05) is 13.2 Å². The monoisotopic (exact) mass is 271 g/mol. The van der Waals surface area contributed by atoms with Crippen molar-refractivity contribution >= 4 is 10.9 Å². The molecule has 1 N–H and O–H groups in total. The molecule has 3 rings (SSSR count). The van der Waals surface area contributed by atoms with Gasteiger partial charge in [-0.1, -0.05) is 18.2 Å². The highest BCUT2D eigenvalue weighted by molar-refractivity contribution is 5.82. The summed E-state index contributed by atoms with van der Waals surface area (Å²) in [5, 5.41) is 11.6. The van der Waals surface area contributed by atoms with E-state index < -0.39 is 6.10 Å². The van der Waals surface area contributed by atoms with Crippen LogP contribution in [0.4, 0.5) is 0 Å². The summed E-state index contributed by atoms with van der Waals surface area (Å²) in [5.74, 6) is 0.548. The average Bonchev–Trinajstić information content (AvgIpc) is 2.48. The molecular weight excluding hydrogens is 250 g/mol. The number of nitrogens with zero attached hydrogens (tertiary/aromatic N) is 1. The molecule has 0 bridgehead atoms. The maximum Gasteiger partial charge on any atom is 0.0962 e. The van der Waals surface area contributed by atoms with Gasteiger partial charge in [0.1, 0.15) is 0 Å². The number of aliphatic hydroxyl groups is 1. The van der Waals surface area contributed by atoms with E-state index in [2.05, 4.69) is 18.0 Å². The number of fused-ring (bicyclic) bond motifs is 1. The van der Waals surface area contributed by atoms with Crippen LogP contribution in [0.5, 0.6) is 0 Å². The molecule has 1 fully saturated rings. The zero-order valence-electron chi connectivity index (χ0n) is 11.9. The molecule has 0 saturated carbocycles. The Morgan fingerprint density at radius 3 is 2.85 bits per heavy atom. The number of para-hydroxylation sites is 1. The number of hydrogen-bond acceptors (Lipinski definition) is 3. The Labute approximate surface area is 119 Å². The molecule has 1 aliphatic heterocycles. The van der Waals surface area contributed by atoms with E-state index in [9.17, 15) is 5.11 Å². The molecule has 3 nitrogen and oxygen atoms in total. The summed E-state index contributed by atoms with van der Waals surface area (Å²) in [6.07, 6.45) is 2.41. The van der Waals surface area contributed by atoms with Crippen LogP contribution in [-0.4, -0.2) is 23.3 Å². The lowest BCUT2D eigenvalue weighted by Crippen LogP contribution is -2.18. The summed E-state index contributed by atoms with van der Waals surface area (Å²) in [6.45, 7) is 3.72. The number of hydrogen-bond donors (Lipinski definition) is 1. The number of aryl methyl sites for hydroxylation is 1. The van der Waals surface area contributed by atoms with Gasteiger partial charge in [0.25, 0.3) is 0 Å². The molecule has 1 saturated heterocycles. The lowest BCUT2D eigenvalue weighted by molar-refractivity contribution is 0.0427. The van der Waals surface area contributed by atoms with E-state index in [0.29, 0.717) is 5.92 Å². The molecule has 0 radical (unpaired) electrons. The highest BCUT2D eigenvalue weighted by atomic mass is 16.5. The minimum Gasteiger partial charge on any atom is -0.387 e. The predicted octanol–water partition coefficient (Wildman–Crippen LogP) is 3.39. The zero-order valence-corrected chi connectivity index (χ0v) is 11.9. The van der Waals surface area contributed by atoms with Crippen molar-refractivity contribution in [2.24, 2.45) is 5.92 Å². The Kier molecular flexibility index (Phi) is 3.99. The third-order valence-electron chi connectivity index (χ3n) is 4.18. The van der Waals surface area contributed by atoms with Gasteiger partial charge < -0.3 is 9.84 Å². The Bertz CT molecular complexity index is 591. The quantitative estimate of drug-likeness (QED) is 0.930. The van der Waals surface area contributed by atoms with Crippen LogP contribution in [0, 0.1) is 12.8 Å². The van der Waals surface area contributed by atoms with Crippen LogP contribution in [0.25, 0.3) is 10.9 Å². The summed E-state index contributed by atoms with van der Waals surface area (Å²) in [4.78, 5) is 4.62. The van der Waals surface area contributed by atoms with E-state index in [4.69, 9.17) is 4.74 Å². The Hall–Kier alpha value is -1.45. The average molecular weight is 271 g/mol. The van der Waals surface area contributed by atoms with Crippen molar-refractivity contribution < 1.29 is 9.84 Å². The summed E-state index contributed by atoms with van der Waals surface area (Å²) < 4.78 is 5.37. The Morgan fingerprint density at radius 1 is 1.30 bits per heavy atom. The summed E-state index contributed by atoms with van der Waals surface area (Å²) in [6, 6.07) is 10.1. The fraction of sp³-hybridized carbons (Fsp3) is 0.471. The minimum absolute atomic E-state index is 0.471. The van der Waals surface area contributed by atoms with Crippen LogP contribution in [0.3, 0.4) is 0 Å². The maximum absolute atomic E-state index is 10.5. The standard InChI is InChI=1S/C17H21NO2/c1-12-10-16(18-15-5-3-2-4-14(12)15)17(19)11-13-6-8-20-9-7-13/h2-5,10,13,17,19H,6-9,11H2,1H3. The first-order valence-electron chi connectivity index (χ1n) is 7.36. The molecule has 1 aromatic heterocycles. The van der Waals surface area contributed by atoms with E-state index in [1.165, 1.54) is 5.56 Å². The molecule has 0 amide bonds. The first-order valence-corrected chi connectivity index (χ1v) is 7.36. The lowest BCUT2D eigenvalue weighted by atomic mass is 9.92. The van der Waals surface area contributed by atoms with Gasteiger partial charge in [-0.3, -0.25) is 4.98 Å². The first-order chi connectivity index (χ1) is 9.74. The van der Waals surface area contributed by atoms with Crippen LogP contribution in [0.15, 0.2) is 30.3 Å². The van der Waals surface area contributed by atoms with Gasteiger partial charge >= 0.3 is 0 Å². The molecular formula is C17H21NO2. The topological polar surface area (TPSA) is 42.4 Å². The summed E-state index contributed by atoms with van der Waals surface area (Å²) in [7, 11) is 0. The maximum atomic E-state index is 10.5. The molecule has 0 spiro atoms. The molecule has 0 aliphatic carbocycles. The molecule has 1 aliphatic rings. The van der Waals surface area contributed by atoms with Gasteiger partial charge in [0.05, 0.1) is 17.3 Å². The van der Waals surface area contributed by atoms with Crippen LogP contribution >= 0.6 is 0 Å². The number of aliphatic hydroxyl groups excluding tert-OH is 1. The molecule has 1 unspecified atom stereocenters. The normalized spacial score (nSPS) is 18.3. The fourth-order valence-electron chi connectivity index (χ4n) is 2.96. The second kappa shape index (κ2) is 5.90. The second-order valence-electron chi connectivity index (χ2n) is 5.69. The van der Waals surface area contributed by atoms with Gasteiger partial charge in [-0.15, -0.1) is 0 Å². The molecule has 2 heterocycles. The van der Waals surface area contributed by atoms with Crippen molar-refractivity contribution in [2.45, 2.75) is 32.3 Å². The SMILES string of the molecule is Cc1cc(C(O)CC2CCOCC2)nc2ccccc12. The summed E-state index contributed by atoms with van der Waals surface area (Å²) >= 11 is 0. The highest BCUT2D eigenvalue weighted by Gasteiger charge is 2.20. The smallest absolute Gasteiger partial charge is 0.0962 e. The van der Waals surface area contributed by atoms with Crippen molar-refractivity contribution in [1.82, 2.24) is 4.98 Å². The molecule has 106 valence electrons. The van der Waals surface area contributed by atoms with Crippen LogP contribution in [-0.2, 0) is 4.74 Å². The largest absolute Gasteiger partial charge is 0.387 e. The fourth-order valence-corrected chi connectivity index (χ4v) is 2.96. The van der Waals surface area contributed by atoms with E-state index in [1.807, 2.05) is 24.3 Å². The van der Waals surface area contributed by atoms with Crippen molar-refractivity contribution in [3.05, 3.63) is 41.6 Å². The number of benzene rings is 1. The van der Waals surface area contributed by atoms with Crippen LogP contribution in [0.1, 0.15) is 36.6 Å². The zero-order chi connectivity index (χ0) is 13.9. The highest BCUT2D eigenvalue weighted by Crippen LogP contribution is 2.28. The van der Waals surface area contributed by atoms with Gasteiger partial charge in [-0.05, 0) is 49.8 Å². The van der Waals surface area contributed by atoms with E-state index in [1.54, 1.807) is 0 Å². The van der Waals surface area contributed by atoms with E-state index in [-0.39, 0.29) is 0 Å². The van der Waals surface area contributed by atoms with Crippen LogP contribution < -0.4 is 0 Å². The lowest BCUT2D eigenvalue weighted by Gasteiger charge is -2.24. The third-order valence-corrected chi connectivity index (χ3v) is 4.18. The third kappa shape index (κ3) is 2.84. The van der Waals surface area contributed by atoms with E-state index in [0.717, 1.165) is 49.1 Å². The van der Waals surface area contributed by atoms with Crippen molar-refractivity contribution in [3.8, 4) is 0 Å². The van der Waals surface area contributed by atoms with Gasteiger partial charge in [0.2, 0.25) is 0 Å². The van der Waals surface area contributed by atoms with Crippen LogP contribution in [0.2, 0.25) is 0 Å². The van der Waals surface area contributed by atoms with Gasteiger partial charge in [-0.25, -0.2) is 0 Å². The van der Waals surface area contributed by atoms with Gasteiger partial charge in [0, 0.05) is 18.6 Å². The van der Waals surface area contributed by atoms with Gasteiger partial charge in [0.15, 0.2) is 0 Å². The summed E-state index contributed by atoms with van der Waals surface area (Å²) in [5.41, 5.74) is 2.94.